The zero-order valence-electron chi connectivity index (χ0n) is 10.3. The van der Waals surface area contributed by atoms with E-state index in [9.17, 15) is 4.79 Å². The summed E-state index contributed by atoms with van der Waals surface area (Å²) in [5.74, 6) is -0.0506. The van der Waals surface area contributed by atoms with Gasteiger partial charge in [-0.1, -0.05) is 30.3 Å². The number of aryl methyl sites for hydroxylation is 1. The number of nitrogens with one attached hydrogen (secondary N) is 1. The minimum Gasteiger partial charge on any atom is -0.368 e. The molecule has 0 aliphatic carbocycles. The fourth-order valence-corrected chi connectivity index (χ4v) is 1.80. The Morgan fingerprint density at radius 3 is 2.50 bits per heavy atom. The number of nitrogen functional groups attached to an aromatic ring is 1. The van der Waals surface area contributed by atoms with Crippen LogP contribution in [-0.4, -0.2) is 22.9 Å². The maximum absolute atomic E-state index is 11.9. The van der Waals surface area contributed by atoms with Gasteiger partial charge in [0.25, 0.3) is 5.91 Å². The fraction of sp³-hybridized carbons (Fsp3) is 0.154. The monoisotopic (exact) mass is 242 g/mol. The molecule has 2 aromatic rings. The van der Waals surface area contributed by atoms with E-state index in [1.54, 1.807) is 14.0 Å². The number of anilines is 1. The predicted octanol–water partition coefficient (Wildman–Crippen LogP) is 1.39. The maximum atomic E-state index is 11.9. The van der Waals surface area contributed by atoms with E-state index in [-0.39, 0.29) is 11.9 Å². The van der Waals surface area contributed by atoms with Crippen LogP contribution in [0.2, 0.25) is 0 Å². The quantitative estimate of drug-likeness (QED) is 0.834. The summed E-state index contributed by atoms with van der Waals surface area (Å²) in [4.78, 5) is 20.1. The van der Waals surface area contributed by atoms with Gasteiger partial charge >= 0.3 is 0 Å². The third-order valence-corrected chi connectivity index (χ3v) is 2.61. The van der Waals surface area contributed by atoms with Crippen LogP contribution in [0.3, 0.4) is 0 Å². The van der Waals surface area contributed by atoms with Crippen molar-refractivity contribution in [2.24, 2.45) is 0 Å². The van der Waals surface area contributed by atoms with Crippen molar-refractivity contribution in [2.75, 3.05) is 12.8 Å². The Bertz CT molecular complexity index is 581. The summed E-state index contributed by atoms with van der Waals surface area (Å²) in [6.45, 7) is 1.75. The number of hydrogen-bond acceptors (Lipinski definition) is 4. The SMILES string of the molecule is CNC(=O)c1c(C)nc(N)nc1-c1ccccc1. The number of aromatic nitrogens is 2. The first-order valence-electron chi connectivity index (χ1n) is 5.55. The van der Waals surface area contributed by atoms with E-state index in [2.05, 4.69) is 15.3 Å². The first-order chi connectivity index (χ1) is 8.63. The van der Waals surface area contributed by atoms with Crippen LogP contribution in [0.15, 0.2) is 30.3 Å². The van der Waals surface area contributed by atoms with Crippen LogP contribution in [-0.2, 0) is 0 Å². The highest BCUT2D eigenvalue weighted by atomic mass is 16.1. The van der Waals surface area contributed by atoms with Gasteiger partial charge in [0.15, 0.2) is 0 Å². The van der Waals surface area contributed by atoms with Crippen LogP contribution in [0.25, 0.3) is 11.3 Å². The van der Waals surface area contributed by atoms with Crippen molar-refractivity contribution < 1.29 is 4.79 Å². The number of hydrogen-bond donors (Lipinski definition) is 2. The van der Waals surface area contributed by atoms with Crippen LogP contribution < -0.4 is 11.1 Å². The second-order valence-corrected chi connectivity index (χ2v) is 3.84. The van der Waals surface area contributed by atoms with Crippen molar-refractivity contribution in [3.05, 3.63) is 41.6 Å². The highest BCUT2D eigenvalue weighted by molar-refractivity contribution is 6.00. The summed E-state index contributed by atoms with van der Waals surface area (Å²) in [5.41, 5.74) is 8.08. The average molecular weight is 242 g/mol. The van der Waals surface area contributed by atoms with Gasteiger partial charge < -0.3 is 11.1 Å². The molecular weight excluding hydrogens is 228 g/mol. The lowest BCUT2D eigenvalue weighted by molar-refractivity contribution is 0.0962. The number of carbonyl (C=O) groups is 1. The minimum absolute atomic E-state index is 0.166. The van der Waals surface area contributed by atoms with Gasteiger partial charge in [-0.3, -0.25) is 4.79 Å². The maximum Gasteiger partial charge on any atom is 0.255 e. The van der Waals surface area contributed by atoms with E-state index < -0.39 is 0 Å². The summed E-state index contributed by atoms with van der Waals surface area (Å²) in [7, 11) is 1.58. The first-order valence-corrected chi connectivity index (χ1v) is 5.55. The van der Waals surface area contributed by atoms with E-state index in [0.29, 0.717) is 17.0 Å². The van der Waals surface area contributed by atoms with Crippen molar-refractivity contribution in [1.82, 2.24) is 15.3 Å². The van der Waals surface area contributed by atoms with Gasteiger partial charge in [-0.2, -0.15) is 0 Å². The highest BCUT2D eigenvalue weighted by Crippen LogP contribution is 2.23. The number of rotatable bonds is 2. The number of nitrogens with two attached hydrogens (primary N) is 1. The van der Waals surface area contributed by atoms with Crippen LogP contribution in [0.1, 0.15) is 16.1 Å². The van der Waals surface area contributed by atoms with Crippen molar-refractivity contribution in [2.45, 2.75) is 6.92 Å². The van der Waals surface area contributed by atoms with E-state index >= 15 is 0 Å². The summed E-state index contributed by atoms with van der Waals surface area (Å²) in [6, 6.07) is 9.44. The average Bonchev–Trinajstić information content (AvgIpc) is 2.38. The predicted molar refractivity (Wildman–Crippen MR) is 70.0 cm³/mol. The van der Waals surface area contributed by atoms with Gasteiger partial charge in [-0.05, 0) is 6.92 Å². The number of nitrogens with zero attached hydrogens (tertiary/aromatic N) is 2. The van der Waals surface area contributed by atoms with Gasteiger partial charge in [0.1, 0.15) is 0 Å². The number of amides is 1. The zero-order chi connectivity index (χ0) is 13.1. The Balaban J connectivity index is 2.69. The third kappa shape index (κ3) is 2.15. The van der Waals surface area contributed by atoms with E-state index in [1.807, 2.05) is 30.3 Å². The van der Waals surface area contributed by atoms with Gasteiger partial charge in [0.2, 0.25) is 5.95 Å². The number of benzene rings is 1. The fourth-order valence-electron chi connectivity index (χ4n) is 1.80. The lowest BCUT2D eigenvalue weighted by atomic mass is 10.0. The second kappa shape index (κ2) is 4.83. The molecule has 0 unspecified atom stereocenters. The van der Waals surface area contributed by atoms with Gasteiger partial charge in [-0.25, -0.2) is 9.97 Å². The molecule has 18 heavy (non-hydrogen) atoms. The summed E-state index contributed by atoms with van der Waals surface area (Å²) in [6.07, 6.45) is 0. The standard InChI is InChI=1S/C13H14N4O/c1-8-10(12(18)15-2)11(17-13(14)16-8)9-6-4-3-5-7-9/h3-7H,1-2H3,(H,15,18)(H2,14,16,17). The van der Waals surface area contributed by atoms with Crippen LogP contribution in [0.5, 0.6) is 0 Å². The molecule has 1 heterocycles. The molecule has 2 rings (SSSR count). The normalized spacial score (nSPS) is 10.1. The first kappa shape index (κ1) is 12.0. The molecule has 1 aromatic heterocycles. The topological polar surface area (TPSA) is 80.9 Å². The van der Waals surface area contributed by atoms with Crippen molar-refractivity contribution in [1.29, 1.82) is 0 Å². The minimum atomic E-state index is -0.216. The third-order valence-electron chi connectivity index (χ3n) is 2.61. The van der Waals surface area contributed by atoms with Crippen molar-refractivity contribution >= 4 is 11.9 Å². The Hall–Kier alpha value is -2.43. The summed E-state index contributed by atoms with van der Waals surface area (Å²) >= 11 is 0. The summed E-state index contributed by atoms with van der Waals surface area (Å²) in [5, 5.41) is 2.59. The molecule has 0 atom stereocenters. The molecule has 5 heteroatoms. The molecule has 0 aliphatic heterocycles. The second-order valence-electron chi connectivity index (χ2n) is 3.84. The molecule has 1 amide bonds. The zero-order valence-corrected chi connectivity index (χ0v) is 10.3. The highest BCUT2D eigenvalue weighted by Gasteiger charge is 2.17. The van der Waals surface area contributed by atoms with E-state index in [1.165, 1.54) is 0 Å². The van der Waals surface area contributed by atoms with Crippen molar-refractivity contribution in [3.8, 4) is 11.3 Å². The lowest BCUT2D eigenvalue weighted by Gasteiger charge is -2.10. The molecule has 0 saturated heterocycles. The molecule has 3 N–H and O–H groups in total. The van der Waals surface area contributed by atoms with Gasteiger partial charge in [0.05, 0.1) is 17.0 Å². The Morgan fingerprint density at radius 2 is 1.89 bits per heavy atom. The molecule has 0 bridgehead atoms. The molecular formula is C13H14N4O. The van der Waals surface area contributed by atoms with Gasteiger partial charge in [0, 0.05) is 12.6 Å². The summed E-state index contributed by atoms with van der Waals surface area (Å²) < 4.78 is 0. The Labute approximate surface area is 105 Å². The smallest absolute Gasteiger partial charge is 0.255 e. The van der Waals surface area contributed by atoms with E-state index in [4.69, 9.17) is 5.73 Å². The van der Waals surface area contributed by atoms with Crippen LogP contribution in [0.4, 0.5) is 5.95 Å². The number of carbonyl (C=O) groups excluding carboxylic acids is 1. The molecule has 0 spiro atoms. The molecule has 1 aromatic carbocycles. The van der Waals surface area contributed by atoms with Gasteiger partial charge in [-0.15, -0.1) is 0 Å². The van der Waals surface area contributed by atoms with E-state index in [0.717, 1.165) is 5.56 Å². The molecule has 0 saturated carbocycles. The molecule has 0 aliphatic rings. The molecule has 0 fully saturated rings. The molecule has 0 radical (unpaired) electrons. The van der Waals surface area contributed by atoms with Crippen LogP contribution >= 0.6 is 0 Å². The molecule has 5 nitrogen and oxygen atoms in total. The van der Waals surface area contributed by atoms with Crippen LogP contribution in [0, 0.1) is 6.92 Å². The lowest BCUT2D eigenvalue weighted by Crippen LogP contribution is -2.21. The van der Waals surface area contributed by atoms with Crippen molar-refractivity contribution in [3.63, 3.8) is 0 Å². The molecule has 92 valence electrons. The Kier molecular flexibility index (Phi) is 3.23. The Morgan fingerprint density at radius 1 is 1.22 bits per heavy atom. The largest absolute Gasteiger partial charge is 0.368 e.